The van der Waals surface area contributed by atoms with E-state index in [-0.39, 0.29) is 17.7 Å². The third kappa shape index (κ3) is 4.02. The number of nitrogens with zero attached hydrogens (tertiary/aromatic N) is 1. The van der Waals surface area contributed by atoms with E-state index in [0.717, 1.165) is 16.8 Å². The molecule has 5 nitrogen and oxygen atoms in total. The Hall–Kier alpha value is -3.86. The zero-order valence-electron chi connectivity index (χ0n) is 18.7. The van der Waals surface area contributed by atoms with Gasteiger partial charge in [-0.2, -0.15) is 0 Å². The summed E-state index contributed by atoms with van der Waals surface area (Å²) >= 11 is 0. The summed E-state index contributed by atoms with van der Waals surface area (Å²) in [5, 5.41) is 3.24. The van der Waals surface area contributed by atoms with Gasteiger partial charge in [0.25, 0.3) is 11.8 Å². The molecule has 5 heteroatoms. The highest BCUT2D eigenvalue weighted by Gasteiger charge is 2.41. The van der Waals surface area contributed by atoms with Crippen LogP contribution in [-0.2, 0) is 9.59 Å². The largest absolute Gasteiger partial charge is 0.489 e. The van der Waals surface area contributed by atoms with E-state index in [0.29, 0.717) is 22.6 Å². The molecule has 0 saturated heterocycles. The number of anilines is 2. The van der Waals surface area contributed by atoms with Crippen LogP contribution in [0, 0.1) is 13.8 Å². The van der Waals surface area contributed by atoms with Crippen molar-refractivity contribution in [2.45, 2.75) is 33.8 Å². The zero-order chi connectivity index (χ0) is 22.8. The van der Waals surface area contributed by atoms with Crippen LogP contribution in [0.25, 0.3) is 5.57 Å². The number of rotatable bonds is 6. The molecule has 1 aliphatic heterocycles. The Kier molecular flexibility index (Phi) is 5.82. The summed E-state index contributed by atoms with van der Waals surface area (Å²) in [6, 6.07) is 22.4. The second-order valence-electron chi connectivity index (χ2n) is 8.14. The molecule has 32 heavy (non-hydrogen) atoms. The van der Waals surface area contributed by atoms with Crippen molar-refractivity contribution < 1.29 is 14.3 Å². The molecule has 1 N–H and O–H groups in total. The number of para-hydroxylation sites is 3. The Labute approximate surface area is 188 Å². The summed E-state index contributed by atoms with van der Waals surface area (Å²) < 4.78 is 5.90. The molecule has 162 valence electrons. The number of carbonyl (C=O) groups is 2. The van der Waals surface area contributed by atoms with Gasteiger partial charge >= 0.3 is 0 Å². The van der Waals surface area contributed by atoms with Gasteiger partial charge in [0.2, 0.25) is 0 Å². The number of benzene rings is 3. The molecule has 1 heterocycles. The monoisotopic (exact) mass is 426 g/mol. The molecular formula is C27H26N2O3. The van der Waals surface area contributed by atoms with Crippen LogP contribution in [0.4, 0.5) is 11.4 Å². The first-order chi connectivity index (χ1) is 15.4. The van der Waals surface area contributed by atoms with Crippen molar-refractivity contribution in [3.05, 3.63) is 95.2 Å². The molecule has 3 aromatic carbocycles. The molecule has 0 spiro atoms. The minimum Gasteiger partial charge on any atom is -0.489 e. The topological polar surface area (TPSA) is 58.6 Å². The van der Waals surface area contributed by atoms with Crippen molar-refractivity contribution in [3.63, 3.8) is 0 Å². The number of carbonyl (C=O) groups excluding carboxylic acids is 2. The molecule has 0 aliphatic carbocycles. The summed E-state index contributed by atoms with van der Waals surface area (Å²) in [5.74, 6) is -0.298. The highest BCUT2D eigenvalue weighted by molar-refractivity contribution is 6.46. The van der Waals surface area contributed by atoms with E-state index < -0.39 is 5.91 Å². The predicted octanol–water partition coefficient (Wildman–Crippen LogP) is 5.49. The molecule has 0 radical (unpaired) electrons. The first-order valence-electron chi connectivity index (χ1n) is 10.6. The van der Waals surface area contributed by atoms with E-state index in [1.807, 2.05) is 82.3 Å². The van der Waals surface area contributed by atoms with Crippen LogP contribution in [0.1, 0.15) is 30.5 Å². The van der Waals surface area contributed by atoms with Crippen molar-refractivity contribution in [1.29, 1.82) is 0 Å². The lowest BCUT2D eigenvalue weighted by Gasteiger charge is -2.20. The van der Waals surface area contributed by atoms with Crippen LogP contribution in [0.2, 0.25) is 0 Å². The molecule has 4 rings (SSSR count). The first kappa shape index (κ1) is 21.4. The fourth-order valence-corrected chi connectivity index (χ4v) is 3.70. The van der Waals surface area contributed by atoms with Crippen LogP contribution in [0.15, 0.2) is 78.5 Å². The Bertz CT molecular complexity index is 1210. The van der Waals surface area contributed by atoms with Crippen molar-refractivity contribution >= 4 is 28.8 Å². The van der Waals surface area contributed by atoms with E-state index in [2.05, 4.69) is 5.32 Å². The Morgan fingerprint density at radius 2 is 1.47 bits per heavy atom. The van der Waals surface area contributed by atoms with Gasteiger partial charge in [0, 0.05) is 5.69 Å². The molecule has 0 bridgehead atoms. The Balaban J connectivity index is 1.84. The van der Waals surface area contributed by atoms with Gasteiger partial charge < -0.3 is 10.1 Å². The van der Waals surface area contributed by atoms with Gasteiger partial charge in [-0.1, -0.05) is 60.2 Å². The maximum atomic E-state index is 13.7. The van der Waals surface area contributed by atoms with Crippen LogP contribution in [0.3, 0.4) is 0 Å². The molecule has 0 atom stereocenters. The average Bonchev–Trinajstić information content (AvgIpc) is 3.00. The molecular weight excluding hydrogens is 400 g/mol. The summed E-state index contributed by atoms with van der Waals surface area (Å²) in [6.45, 7) is 7.76. The predicted molar refractivity (Wildman–Crippen MR) is 128 cm³/mol. The van der Waals surface area contributed by atoms with Gasteiger partial charge in [-0.15, -0.1) is 0 Å². The van der Waals surface area contributed by atoms with E-state index in [1.54, 1.807) is 18.2 Å². The van der Waals surface area contributed by atoms with Gasteiger partial charge in [0.15, 0.2) is 0 Å². The second kappa shape index (κ2) is 8.71. The molecule has 0 aromatic heterocycles. The molecule has 2 amide bonds. The fourth-order valence-electron chi connectivity index (χ4n) is 3.70. The Morgan fingerprint density at radius 1 is 0.812 bits per heavy atom. The van der Waals surface area contributed by atoms with Crippen LogP contribution in [-0.4, -0.2) is 17.9 Å². The molecule has 0 unspecified atom stereocenters. The summed E-state index contributed by atoms with van der Waals surface area (Å²) in [6.07, 6.45) is -0.0990. The smallest absolute Gasteiger partial charge is 0.282 e. The number of imide groups is 1. The zero-order valence-corrected chi connectivity index (χ0v) is 18.7. The quantitative estimate of drug-likeness (QED) is 0.530. The summed E-state index contributed by atoms with van der Waals surface area (Å²) in [5.41, 5.74) is 4.56. The van der Waals surface area contributed by atoms with E-state index in [1.165, 1.54) is 4.90 Å². The highest BCUT2D eigenvalue weighted by atomic mass is 16.5. The molecule has 3 aromatic rings. The summed E-state index contributed by atoms with van der Waals surface area (Å²) in [4.78, 5) is 28.5. The van der Waals surface area contributed by atoms with Crippen molar-refractivity contribution in [2.24, 2.45) is 0 Å². The van der Waals surface area contributed by atoms with Gasteiger partial charge in [-0.3, -0.25) is 9.59 Å². The second-order valence-corrected chi connectivity index (χ2v) is 8.14. The van der Waals surface area contributed by atoms with E-state index >= 15 is 0 Å². The normalized spacial score (nSPS) is 13.8. The minimum absolute atomic E-state index is 0.0990. The number of ether oxygens (including phenoxy) is 1. The number of hydrogen-bond acceptors (Lipinski definition) is 4. The number of nitrogens with one attached hydrogen (secondary N) is 1. The maximum absolute atomic E-state index is 13.7. The minimum atomic E-state index is -0.409. The van der Waals surface area contributed by atoms with Crippen LogP contribution in [0.5, 0.6) is 5.75 Å². The Morgan fingerprint density at radius 3 is 2.16 bits per heavy atom. The van der Waals surface area contributed by atoms with Gasteiger partial charge in [0.1, 0.15) is 11.4 Å². The molecule has 1 aliphatic rings. The van der Waals surface area contributed by atoms with Gasteiger partial charge in [-0.05, 0) is 57.0 Å². The van der Waals surface area contributed by atoms with Crippen molar-refractivity contribution in [1.82, 2.24) is 0 Å². The van der Waals surface area contributed by atoms with Gasteiger partial charge in [-0.25, -0.2) is 4.90 Å². The molecule has 0 saturated carbocycles. The van der Waals surface area contributed by atoms with Crippen LogP contribution >= 0.6 is 0 Å². The third-order valence-electron chi connectivity index (χ3n) is 5.30. The van der Waals surface area contributed by atoms with E-state index in [4.69, 9.17) is 4.74 Å². The summed E-state index contributed by atoms with van der Waals surface area (Å²) in [7, 11) is 0. The number of aryl methyl sites for hydroxylation is 2. The number of amides is 2. The van der Waals surface area contributed by atoms with E-state index in [9.17, 15) is 9.59 Å². The SMILES string of the molecule is Cc1ccc(C2=C(Nc3ccccc3C)C(=O)N(c3ccccc3OC(C)C)C2=O)cc1. The lowest BCUT2D eigenvalue weighted by molar-refractivity contribution is -0.120. The standard InChI is InChI=1S/C27H26N2O3/c1-17(2)32-23-12-8-7-11-22(23)29-26(30)24(20-15-13-18(3)14-16-20)25(27(29)31)28-21-10-6-5-9-19(21)4/h5-17,28H,1-4H3. The lowest BCUT2D eigenvalue weighted by atomic mass is 10.0. The molecule has 0 fully saturated rings. The number of hydrogen-bond donors (Lipinski definition) is 1. The maximum Gasteiger partial charge on any atom is 0.282 e. The first-order valence-corrected chi connectivity index (χ1v) is 10.6. The fraction of sp³-hybridized carbons (Fsp3) is 0.185. The van der Waals surface area contributed by atoms with Crippen molar-refractivity contribution in [3.8, 4) is 5.75 Å². The lowest BCUT2D eigenvalue weighted by Crippen LogP contribution is -2.33. The highest BCUT2D eigenvalue weighted by Crippen LogP contribution is 2.38. The average molecular weight is 427 g/mol. The van der Waals surface area contributed by atoms with Crippen molar-refractivity contribution in [2.75, 3.05) is 10.2 Å². The van der Waals surface area contributed by atoms with Crippen LogP contribution < -0.4 is 15.0 Å². The third-order valence-corrected chi connectivity index (χ3v) is 5.30. The van der Waals surface area contributed by atoms with Gasteiger partial charge in [0.05, 0.1) is 17.4 Å².